The van der Waals surface area contributed by atoms with Crippen LogP contribution < -0.4 is 0 Å². The number of Topliss-reactive ketones (excluding diaryl/α,β-unsaturated/α-hetero) is 2. The van der Waals surface area contributed by atoms with Crippen LogP contribution in [0.3, 0.4) is 0 Å². The first kappa shape index (κ1) is 15.1. The molecular formula is C19H12O3S. The minimum atomic E-state index is -0.670. The Morgan fingerprint density at radius 3 is 1.96 bits per heavy atom. The molecule has 4 heteroatoms. The van der Waals surface area contributed by atoms with Gasteiger partial charge in [0, 0.05) is 16.7 Å². The largest absolute Gasteiger partial charge is 0.288 e. The van der Waals surface area contributed by atoms with E-state index in [-0.39, 0.29) is 16.9 Å². The molecule has 0 bridgehead atoms. The Kier molecular flexibility index (Phi) is 4.26. The van der Waals surface area contributed by atoms with Crippen LogP contribution in [0.1, 0.15) is 36.0 Å². The number of thiophene rings is 1. The lowest BCUT2D eigenvalue weighted by Crippen LogP contribution is -2.18. The summed E-state index contributed by atoms with van der Waals surface area (Å²) >= 11 is 1.31. The van der Waals surface area contributed by atoms with Gasteiger partial charge in [0.15, 0.2) is 0 Å². The monoisotopic (exact) mass is 320 g/mol. The van der Waals surface area contributed by atoms with E-state index in [1.807, 2.05) is 0 Å². The Morgan fingerprint density at radius 2 is 1.30 bits per heavy atom. The molecule has 0 fully saturated rings. The average Bonchev–Trinajstić information content (AvgIpc) is 3.15. The number of ketones is 3. The van der Waals surface area contributed by atoms with Crippen molar-refractivity contribution < 1.29 is 14.4 Å². The van der Waals surface area contributed by atoms with E-state index in [0.29, 0.717) is 10.4 Å². The van der Waals surface area contributed by atoms with Gasteiger partial charge in [0.1, 0.15) is 0 Å². The average molecular weight is 320 g/mol. The first-order chi connectivity index (χ1) is 11.2. The molecular weight excluding hydrogens is 308 g/mol. The van der Waals surface area contributed by atoms with Gasteiger partial charge in [-0.05, 0) is 11.4 Å². The van der Waals surface area contributed by atoms with Crippen molar-refractivity contribution in [1.82, 2.24) is 0 Å². The molecule has 0 unspecified atom stereocenters. The van der Waals surface area contributed by atoms with E-state index < -0.39 is 11.6 Å². The van der Waals surface area contributed by atoms with Crippen LogP contribution in [0.4, 0.5) is 0 Å². The molecule has 3 nitrogen and oxygen atoms in total. The second-order valence-corrected chi connectivity index (χ2v) is 5.82. The molecule has 0 saturated heterocycles. The third-order valence-corrected chi connectivity index (χ3v) is 4.27. The number of carbonyl (C=O) groups excluding carboxylic acids is 3. The molecule has 0 aliphatic rings. The maximum Gasteiger partial charge on any atom is 0.234 e. The highest BCUT2D eigenvalue weighted by Crippen LogP contribution is 2.20. The summed E-state index contributed by atoms with van der Waals surface area (Å²) in [6.45, 7) is 0. The second-order valence-electron chi connectivity index (χ2n) is 4.88. The van der Waals surface area contributed by atoms with Gasteiger partial charge in [-0.3, -0.25) is 14.4 Å². The zero-order valence-electron chi connectivity index (χ0n) is 12.1. The van der Waals surface area contributed by atoms with E-state index in [4.69, 9.17) is 0 Å². The molecule has 3 rings (SSSR count). The van der Waals surface area contributed by atoms with Crippen molar-refractivity contribution in [3.63, 3.8) is 0 Å². The van der Waals surface area contributed by atoms with Crippen LogP contribution >= 0.6 is 11.3 Å². The Morgan fingerprint density at radius 1 is 0.652 bits per heavy atom. The minimum absolute atomic E-state index is 0.139. The third-order valence-electron chi connectivity index (χ3n) is 3.40. The molecule has 0 saturated carbocycles. The highest BCUT2D eigenvalue weighted by molar-refractivity contribution is 7.12. The molecule has 0 spiro atoms. The molecule has 0 amide bonds. The number of carbonyl (C=O) groups is 3. The molecule has 2 aromatic carbocycles. The summed E-state index contributed by atoms with van der Waals surface area (Å²) in [5, 5.41) is 1.80. The van der Waals surface area contributed by atoms with Crippen LogP contribution in [-0.4, -0.2) is 17.3 Å². The summed E-state index contributed by atoms with van der Waals surface area (Å²) < 4.78 is 0. The van der Waals surface area contributed by atoms with Crippen LogP contribution in [0.25, 0.3) is 0 Å². The normalized spacial score (nSPS) is 10.3. The van der Waals surface area contributed by atoms with Gasteiger partial charge in [0.25, 0.3) is 0 Å². The fourth-order valence-corrected chi connectivity index (χ4v) is 2.94. The molecule has 0 atom stereocenters. The fourth-order valence-electron chi connectivity index (χ4n) is 2.26. The maximum atomic E-state index is 12.5. The molecule has 23 heavy (non-hydrogen) atoms. The van der Waals surface area contributed by atoms with Crippen molar-refractivity contribution in [3.05, 3.63) is 93.7 Å². The minimum Gasteiger partial charge on any atom is -0.288 e. The van der Waals surface area contributed by atoms with Crippen molar-refractivity contribution >= 4 is 28.7 Å². The molecule has 0 aliphatic carbocycles. The Bertz CT molecular complexity index is 865. The molecule has 0 aliphatic heterocycles. The van der Waals surface area contributed by atoms with E-state index in [9.17, 15) is 14.4 Å². The predicted molar refractivity (Wildman–Crippen MR) is 89.3 cm³/mol. The van der Waals surface area contributed by atoms with Crippen LogP contribution in [-0.2, 0) is 0 Å². The van der Waals surface area contributed by atoms with Crippen molar-refractivity contribution in [2.45, 2.75) is 0 Å². The van der Waals surface area contributed by atoms with Crippen LogP contribution in [0.5, 0.6) is 0 Å². The van der Waals surface area contributed by atoms with Gasteiger partial charge in [-0.1, -0.05) is 60.7 Å². The number of hydrogen-bond acceptors (Lipinski definition) is 4. The zero-order chi connectivity index (χ0) is 16.2. The lowest BCUT2D eigenvalue weighted by Gasteiger charge is -2.06. The first-order valence-corrected chi connectivity index (χ1v) is 7.88. The maximum absolute atomic E-state index is 12.5. The van der Waals surface area contributed by atoms with E-state index in [0.717, 1.165) is 0 Å². The Balaban J connectivity index is 1.99. The van der Waals surface area contributed by atoms with Gasteiger partial charge in [0.05, 0.1) is 4.88 Å². The number of benzene rings is 2. The van der Waals surface area contributed by atoms with Gasteiger partial charge in [0.2, 0.25) is 17.3 Å². The number of rotatable bonds is 5. The standard InChI is InChI=1S/C19H12O3S/c20-17(13-7-2-1-3-8-13)19(22)15-10-5-4-9-14(15)18(21)16-11-6-12-23-16/h1-12H. The van der Waals surface area contributed by atoms with E-state index >= 15 is 0 Å². The van der Waals surface area contributed by atoms with Crippen LogP contribution in [0.2, 0.25) is 0 Å². The van der Waals surface area contributed by atoms with E-state index in [1.54, 1.807) is 66.0 Å². The highest BCUT2D eigenvalue weighted by atomic mass is 32.1. The summed E-state index contributed by atoms with van der Waals surface area (Å²) in [7, 11) is 0. The van der Waals surface area contributed by atoms with Gasteiger partial charge < -0.3 is 0 Å². The lowest BCUT2D eigenvalue weighted by molar-refractivity contribution is 0.0815. The summed E-state index contributed by atoms with van der Waals surface area (Å²) in [4.78, 5) is 38.0. The molecule has 3 aromatic rings. The number of hydrogen-bond donors (Lipinski definition) is 0. The SMILES string of the molecule is O=C(C(=O)c1ccccc1C(=O)c1cccs1)c1ccccc1. The van der Waals surface area contributed by atoms with Gasteiger partial charge >= 0.3 is 0 Å². The first-order valence-electron chi connectivity index (χ1n) is 7.00. The molecule has 112 valence electrons. The smallest absolute Gasteiger partial charge is 0.234 e. The molecule has 0 N–H and O–H groups in total. The lowest BCUT2D eigenvalue weighted by atomic mass is 9.95. The Hall–Kier alpha value is -2.85. The quantitative estimate of drug-likeness (QED) is 0.526. The summed E-state index contributed by atoms with van der Waals surface area (Å²) in [6, 6.07) is 18.2. The highest BCUT2D eigenvalue weighted by Gasteiger charge is 2.24. The van der Waals surface area contributed by atoms with Gasteiger partial charge in [-0.25, -0.2) is 0 Å². The second kappa shape index (κ2) is 6.50. The van der Waals surface area contributed by atoms with E-state index in [1.165, 1.54) is 17.4 Å². The van der Waals surface area contributed by atoms with Crippen LogP contribution in [0.15, 0.2) is 72.1 Å². The Labute approximate surface area is 137 Å². The van der Waals surface area contributed by atoms with Crippen molar-refractivity contribution in [2.24, 2.45) is 0 Å². The summed E-state index contributed by atoms with van der Waals surface area (Å²) in [5.74, 6) is -1.53. The topological polar surface area (TPSA) is 51.2 Å². The zero-order valence-corrected chi connectivity index (χ0v) is 12.9. The van der Waals surface area contributed by atoms with Crippen molar-refractivity contribution in [3.8, 4) is 0 Å². The van der Waals surface area contributed by atoms with Crippen molar-refractivity contribution in [1.29, 1.82) is 0 Å². The summed E-state index contributed by atoms with van der Waals surface area (Å²) in [5.41, 5.74) is 0.708. The molecule has 1 aromatic heterocycles. The predicted octanol–water partition coefficient (Wildman–Crippen LogP) is 4.04. The third kappa shape index (κ3) is 3.03. The molecule has 0 radical (unpaired) electrons. The fraction of sp³-hybridized carbons (Fsp3) is 0. The molecule has 1 heterocycles. The van der Waals surface area contributed by atoms with Gasteiger partial charge in [-0.15, -0.1) is 11.3 Å². The van der Waals surface area contributed by atoms with Gasteiger partial charge in [-0.2, -0.15) is 0 Å². The summed E-state index contributed by atoms with van der Waals surface area (Å²) in [6.07, 6.45) is 0. The van der Waals surface area contributed by atoms with Crippen molar-refractivity contribution in [2.75, 3.05) is 0 Å². The van der Waals surface area contributed by atoms with E-state index in [2.05, 4.69) is 0 Å². The van der Waals surface area contributed by atoms with Crippen LogP contribution in [0, 0.1) is 0 Å².